The van der Waals surface area contributed by atoms with Gasteiger partial charge in [0.1, 0.15) is 12.1 Å². The normalized spacial score (nSPS) is 17.1. The first-order valence-corrected chi connectivity index (χ1v) is 4.99. The maximum absolute atomic E-state index is 10.4. The third kappa shape index (κ3) is 4.45. The smallest absolute Gasteiger partial charge is 0.321 e. The number of carboxylic acids is 2. The van der Waals surface area contributed by atoms with Gasteiger partial charge in [-0.25, -0.2) is 0 Å². The monoisotopic (exact) mass is 222 g/mol. The Morgan fingerprint density at radius 2 is 1.79 bits per heavy atom. The van der Waals surface area contributed by atoms with Crippen LogP contribution in [0.4, 0.5) is 0 Å². The molecule has 0 radical (unpaired) electrons. The van der Waals surface area contributed by atoms with Gasteiger partial charge in [-0.3, -0.25) is 9.59 Å². The third-order valence-electron chi connectivity index (χ3n) is 1.65. The van der Waals surface area contributed by atoms with Gasteiger partial charge < -0.3 is 21.7 Å². The molecule has 0 saturated heterocycles. The summed E-state index contributed by atoms with van der Waals surface area (Å²) in [6.45, 7) is 1.62. The summed E-state index contributed by atoms with van der Waals surface area (Å²) in [7, 11) is 0. The standard InChI is InChI=1S/C7H14N2O4S/c1-3(5(9)7(12)13)14-2-4(8)6(10)11/h3-5H,2,8-9H2,1H3,(H,10,11)(H,12,13)/t3-,4+,5-/m1/s1. The van der Waals surface area contributed by atoms with Crippen molar-refractivity contribution in [3.05, 3.63) is 0 Å². The van der Waals surface area contributed by atoms with Crippen molar-refractivity contribution in [3.8, 4) is 0 Å². The van der Waals surface area contributed by atoms with E-state index >= 15 is 0 Å². The first kappa shape index (κ1) is 13.2. The zero-order chi connectivity index (χ0) is 11.3. The second kappa shape index (κ2) is 5.84. The summed E-state index contributed by atoms with van der Waals surface area (Å²) in [5.41, 5.74) is 10.5. The molecule has 14 heavy (non-hydrogen) atoms. The van der Waals surface area contributed by atoms with Gasteiger partial charge in [-0.15, -0.1) is 0 Å². The largest absolute Gasteiger partial charge is 0.480 e. The topological polar surface area (TPSA) is 127 Å². The molecule has 7 heteroatoms. The molecule has 0 heterocycles. The van der Waals surface area contributed by atoms with Crippen molar-refractivity contribution in [2.75, 3.05) is 5.75 Å². The highest BCUT2D eigenvalue weighted by Gasteiger charge is 2.22. The highest BCUT2D eigenvalue weighted by Crippen LogP contribution is 2.14. The summed E-state index contributed by atoms with van der Waals surface area (Å²) in [4.78, 5) is 20.8. The minimum atomic E-state index is -1.10. The van der Waals surface area contributed by atoms with Crippen molar-refractivity contribution in [1.82, 2.24) is 0 Å². The maximum atomic E-state index is 10.4. The average molecular weight is 222 g/mol. The minimum absolute atomic E-state index is 0.150. The highest BCUT2D eigenvalue weighted by atomic mass is 32.2. The molecule has 0 bridgehead atoms. The van der Waals surface area contributed by atoms with Crippen LogP contribution in [0, 0.1) is 0 Å². The number of thioether (sulfide) groups is 1. The van der Waals surface area contributed by atoms with Crippen LogP contribution < -0.4 is 11.5 Å². The van der Waals surface area contributed by atoms with Crippen LogP contribution in [0.2, 0.25) is 0 Å². The molecule has 0 amide bonds. The molecule has 6 nitrogen and oxygen atoms in total. The Hall–Kier alpha value is -0.790. The van der Waals surface area contributed by atoms with Gasteiger partial charge in [0.2, 0.25) is 0 Å². The van der Waals surface area contributed by atoms with Crippen LogP contribution in [0.5, 0.6) is 0 Å². The molecule has 0 spiro atoms. The maximum Gasteiger partial charge on any atom is 0.321 e. The molecule has 0 aliphatic carbocycles. The lowest BCUT2D eigenvalue weighted by Crippen LogP contribution is -2.40. The quantitative estimate of drug-likeness (QED) is 0.450. The molecular weight excluding hydrogens is 208 g/mol. The number of hydrogen-bond donors (Lipinski definition) is 4. The molecule has 3 atom stereocenters. The number of carbonyl (C=O) groups is 2. The number of aliphatic carboxylic acids is 2. The van der Waals surface area contributed by atoms with Crippen LogP contribution in [-0.2, 0) is 9.59 Å². The number of carboxylic acid groups (broad SMARTS) is 2. The van der Waals surface area contributed by atoms with Crippen LogP contribution in [0.25, 0.3) is 0 Å². The fourth-order valence-corrected chi connectivity index (χ4v) is 1.61. The first-order chi connectivity index (χ1) is 6.36. The summed E-state index contributed by atoms with van der Waals surface area (Å²) in [6.07, 6.45) is 0. The van der Waals surface area contributed by atoms with Gasteiger partial charge in [0.15, 0.2) is 0 Å². The Balaban J connectivity index is 3.90. The molecular formula is C7H14N2O4S. The van der Waals surface area contributed by atoms with Gasteiger partial charge in [0.05, 0.1) is 0 Å². The Bertz CT molecular complexity index is 224. The predicted molar refractivity (Wildman–Crippen MR) is 53.1 cm³/mol. The second-order valence-corrected chi connectivity index (χ2v) is 4.26. The van der Waals surface area contributed by atoms with Crippen molar-refractivity contribution >= 4 is 23.7 Å². The van der Waals surface area contributed by atoms with E-state index in [4.69, 9.17) is 21.7 Å². The Morgan fingerprint density at radius 3 is 2.14 bits per heavy atom. The molecule has 82 valence electrons. The summed E-state index contributed by atoms with van der Waals surface area (Å²) in [5, 5.41) is 16.6. The second-order valence-electron chi connectivity index (χ2n) is 2.85. The Labute approximate surface area is 85.6 Å². The van der Waals surface area contributed by atoms with Gasteiger partial charge >= 0.3 is 11.9 Å². The molecule has 0 fully saturated rings. The fraction of sp³-hybridized carbons (Fsp3) is 0.714. The molecule has 0 aromatic heterocycles. The van der Waals surface area contributed by atoms with E-state index in [1.807, 2.05) is 0 Å². The lowest BCUT2D eigenvalue weighted by atomic mass is 10.2. The minimum Gasteiger partial charge on any atom is -0.480 e. The van der Waals surface area contributed by atoms with Crippen LogP contribution in [0.3, 0.4) is 0 Å². The molecule has 0 rings (SSSR count). The van der Waals surface area contributed by atoms with Gasteiger partial charge in [-0.2, -0.15) is 11.8 Å². The van der Waals surface area contributed by atoms with Crippen LogP contribution >= 0.6 is 11.8 Å². The third-order valence-corrected chi connectivity index (χ3v) is 3.02. The predicted octanol–water partition coefficient (Wildman–Crippen LogP) is -1.07. The van der Waals surface area contributed by atoms with E-state index in [-0.39, 0.29) is 11.0 Å². The van der Waals surface area contributed by atoms with Crippen LogP contribution in [0.1, 0.15) is 6.92 Å². The van der Waals surface area contributed by atoms with Crippen molar-refractivity contribution in [3.63, 3.8) is 0 Å². The van der Waals surface area contributed by atoms with Crippen LogP contribution in [-0.4, -0.2) is 45.2 Å². The number of hydrogen-bond acceptors (Lipinski definition) is 5. The van der Waals surface area contributed by atoms with Gasteiger partial charge in [-0.1, -0.05) is 6.92 Å². The van der Waals surface area contributed by atoms with Crippen molar-refractivity contribution in [2.45, 2.75) is 24.3 Å². The summed E-state index contributed by atoms with van der Waals surface area (Å²) >= 11 is 1.14. The van der Waals surface area contributed by atoms with E-state index in [0.29, 0.717) is 0 Å². The van der Waals surface area contributed by atoms with E-state index in [1.165, 1.54) is 0 Å². The summed E-state index contributed by atoms with van der Waals surface area (Å²) in [6, 6.07) is -1.98. The summed E-state index contributed by atoms with van der Waals surface area (Å²) in [5.74, 6) is -2.06. The van der Waals surface area contributed by atoms with Crippen molar-refractivity contribution in [1.29, 1.82) is 0 Å². The Kier molecular flexibility index (Phi) is 5.51. The molecule has 0 unspecified atom stereocenters. The van der Waals surface area contributed by atoms with E-state index in [0.717, 1.165) is 11.8 Å². The lowest BCUT2D eigenvalue weighted by Gasteiger charge is -2.16. The molecule has 6 N–H and O–H groups in total. The lowest BCUT2D eigenvalue weighted by molar-refractivity contribution is -0.139. The van der Waals surface area contributed by atoms with E-state index < -0.39 is 24.0 Å². The van der Waals surface area contributed by atoms with Gasteiger partial charge in [0.25, 0.3) is 0 Å². The SMILES string of the molecule is C[C@@H](SC[C@H](N)C(=O)O)[C@@H](N)C(=O)O. The Morgan fingerprint density at radius 1 is 1.29 bits per heavy atom. The van der Waals surface area contributed by atoms with E-state index in [9.17, 15) is 9.59 Å². The molecule has 0 aromatic rings. The molecule has 0 aliphatic rings. The summed E-state index contributed by atoms with van der Waals surface area (Å²) < 4.78 is 0. The average Bonchev–Trinajstić information content (AvgIpc) is 2.11. The number of nitrogens with two attached hydrogens (primary N) is 2. The molecule has 0 aromatic carbocycles. The van der Waals surface area contributed by atoms with E-state index in [2.05, 4.69) is 0 Å². The van der Waals surface area contributed by atoms with Crippen molar-refractivity contribution < 1.29 is 19.8 Å². The van der Waals surface area contributed by atoms with Crippen LogP contribution in [0.15, 0.2) is 0 Å². The van der Waals surface area contributed by atoms with Gasteiger partial charge in [0, 0.05) is 11.0 Å². The fourth-order valence-electron chi connectivity index (χ4n) is 0.631. The molecule has 0 aliphatic heterocycles. The number of rotatable bonds is 6. The zero-order valence-corrected chi connectivity index (χ0v) is 8.53. The zero-order valence-electron chi connectivity index (χ0n) is 7.71. The highest BCUT2D eigenvalue weighted by molar-refractivity contribution is 8.00. The molecule has 0 saturated carbocycles. The van der Waals surface area contributed by atoms with Crippen molar-refractivity contribution in [2.24, 2.45) is 11.5 Å². The van der Waals surface area contributed by atoms with E-state index in [1.54, 1.807) is 6.92 Å². The first-order valence-electron chi connectivity index (χ1n) is 3.94. The van der Waals surface area contributed by atoms with Gasteiger partial charge in [-0.05, 0) is 0 Å².